The zero-order chi connectivity index (χ0) is 11.3. The highest BCUT2D eigenvalue weighted by Gasteiger charge is 2.19. The molecule has 3 nitrogen and oxygen atoms in total. The molecule has 1 aromatic carbocycles. The summed E-state index contributed by atoms with van der Waals surface area (Å²) in [7, 11) is 0. The van der Waals surface area contributed by atoms with Crippen molar-refractivity contribution in [3.05, 3.63) is 35.9 Å². The van der Waals surface area contributed by atoms with Crippen molar-refractivity contribution < 1.29 is 4.79 Å². The number of hydrogen-bond donors (Lipinski definition) is 2. The highest BCUT2D eigenvalue weighted by molar-refractivity contribution is 5.75. The van der Waals surface area contributed by atoms with E-state index >= 15 is 0 Å². The van der Waals surface area contributed by atoms with Gasteiger partial charge in [-0.3, -0.25) is 4.79 Å². The van der Waals surface area contributed by atoms with E-state index in [4.69, 9.17) is 5.73 Å². The van der Waals surface area contributed by atoms with E-state index in [2.05, 4.69) is 31.3 Å². The van der Waals surface area contributed by atoms with Gasteiger partial charge in [0.25, 0.3) is 0 Å². The third-order valence-electron chi connectivity index (χ3n) is 2.42. The van der Waals surface area contributed by atoms with Gasteiger partial charge < -0.3 is 11.1 Å². The minimum Gasteiger partial charge on any atom is -0.369 e. The molecule has 1 amide bonds. The maximum absolute atomic E-state index is 10.6. The van der Waals surface area contributed by atoms with E-state index in [-0.39, 0.29) is 17.9 Å². The van der Waals surface area contributed by atoms with E-state index in [0.717, 1.165) is 6.54 Å². The number of hydrogen-bond acceptors (Lipinski definition) is 2. The van der Waals surface area contributed by atoms with E-state index in [9.17, 15) is 4.79 Å². The fourth-order valence-corrected chi connectivity index (χ4v) is 1.49. The second-order valence-corrected chi connectivity index (χ2v) is 4.32. The molecule has 0 aromatic heterocycles. The smallest absolute Gasteiger partial charge is 0.231 e. The Bertz CT molecular complexity index is 320. The van der Waals surface area contributed by atoms with Gasteiger partial charge in [0.1, 0.15) is 0 Å². The van der Waals surface area contributed by atoms with Gasteiger partial charge in [0, 0.05) is 12.0 Å². The maximum atomic E-state index is 10.6. The Balaban J connectivity index is 2.56. The summed E-state index contributed by atoms with van der Waals surface area (Å²) >= 11 is 0. The fourth-order valence-electron chi connectivity index (χ4n) is 1.49. The van der Waals surface area contributed by atoms with Crippen LogP contribution in [0.3, 0.4) is 0 Å². The Hall–Kier alpha value is -1.35. The Morgan fingerprint density at radius 3 is 2.47 bits per heavy atom. The van der Waals surface area contributed by atoms with Crippen molar-refractivity contribution in [2.24, 2.45) is 5.73 Å². The van der Waals surface area contributed by atoms with Gasteiger partial charge in [-0.1, -0.05) is 44.2 Å². The van der Waals surface area contributed by atoms with Crippen LogP contribution in [0.1, 0.15) is 19.4 Å². The summed E-state index contributed by atoms with van der Waals surface area (Å²) in [6.07, 6.45) is 0. The van der Waals surface area contributed by atoms with Crippen LogP contribution in [0.15, 0.2) is 30.3 Å². The van der Waals surface area contributed by atoms with Crippen LogP contribution >= 0.6 is 0 Å². The molecule has 0 radical (unpaired) electrons. The Morgan fingerprint density at radius 1 is 1.33 bits per heavy atom. The number of nitrogens with two attached hydrogens (primary N) is 1. The molecule has 0 bridgehead atoms. The third kappa shape index (κ3) is 3.72. The second kappa shape index (κ2) is 4.94. The fraction of sp³-hybridized carbons (Fsp3) is 0.417. The predicted molar refractivity (Wildman–Crippen MR) is 61.5 cm³/mol. The Labute approximate surface area is 90.7 Å². The largest absolute Gasteiger partial charge is 0.369 e. The number of carbonyl (C=O) groups is 1. The van der Waals surface area contributed by atoms with Crippen molar-refractivity contribution in [1.29, 1.82) is 0 Å². The Kier molecular flexibility index (Phi) is 3.86. The van der Waals surface area contributed by atoms with E-state index in [1.165, 1.54) is 5.56 Å². The minimum atomic E-state index is -0.320. The second-order valence-electron chi connectivity index (χ2n) is 4.32. The lowest BCUT2D eigenvalue weighted by Crippen LogP contribution is -2.37. The zero-order valence-electron chi connectivity index (χ0n) is 9.29. The van der Waals surface area contributed by atoms with Crippen LogP contribution in [0.2, 0.25) is 0 Å². The highest BCUT2D eigenvalue weighted by atomic mass is 16.1. The molecule has 0 saturated carbocycles. The summed E-state index contributed by atoms with van der Waals surface area (Å²) in [4.78, 5) is 10.6. The molecule has 0 unspecified atom stereocenters. The molecule has 0 fully saturated rings. The molecule has 0 spiro atoms. The number of rotatable bonds is 5. The topological polar surface area (TPSA) is 55.1 Å². The number of nitrogens with one attached hydrogen (secondary N) is 1. The lowest BCUT2D eigenvalue weighted by molar-refractivity contribution is -0.117. The van der Waals surface area contributed by atoms with Gasteiger partial charge in [0.15, 0.2) is 0 Å². The summed E-state index contributed by atoms with van der Waals surface area (Å²) in [5.74, 6) is -0.320. The standard InChI is InChI=1S/C12H18N2O/c1-12(2,9-14-8-11(13)15)10-6-4-3-5-7-10/h3-7,14H,8-9H2,1-2H3,(H2,13,15). The monoisotopic (exact) mass is 206 g/mol. The first-order valence-corrected chi connectivity index (χ1v) is 5.07. The maximum Gasteiger partial charge on any atom is 0.231 e. The van der Waals surface area contributed by atoms with Crippen LogP contribution in [0.25, 0.3) is 0 Å². The number of primary amides is 1. The average molecular weight is 206 g/mol. The van der Waals surface area contributed by atoms with Crippen molar-refractivity contribution in [2.45, 2.75) is 19.3 Å². The number of benzene rings is 1. The molecule has 0 aliphatic heterocycles. The third-order valence-corrected chi connectivity index (χ3v) is 2.42. The first kappa shape index (κ1) is 11.7. The predicted octanol–water partition coefficient (Wildman–Crippen LogP) is 1.04. The molecule has 0 aliphatic rings. The first-order chi connectivity index (χ1) is 7.02. The molecule has 1 rings (SSSR count). The van der Waals surface area contributed by atoms with Crippen molar-refractivity contribution >= 4 is 5.91 Å². The summed E-state index contributed by atoms with van der Waals surface area (Å²) in [6, 6.07) is 10.2. The van der Waals surface area contributed by atoms with Crippen LogP contribution in [-0.4, -0.2) is 19.0 Å². The molecular weight excluding hydrogens is 188 g/mol. The minimum absolute atomic E-state index is 0.0106. The quantitative estimate of drug-likeness (QED) is 0.756. The summed E-state index contributed by atoms with van der Waals surface area (Å²) in [5.41, 5.74) is 6.32. The van der Waals surface area contributed by atoms with Crippen molar-refractivity contribution in [3.63, 3.8) is 0 Å². The van der Waals surface area contributed by atoms with Crippen LogP contribution < -0.4 is 11.1 Å². The molecule has 3 N–H and O–H groups in total. The van der Waals surface area contributed by atoms with Crippen LogP contribution in [-0.2, 0) is 10.2 Å². The molecule has 0 saturated heterocycles. The SMILES string of the molecule is CC(C)(CNCC(N)=O)c1ccccc1. The molecule has 82 valence electrons. The van der Waals surface area contributed by atoms with E-state index < -0.39 is 0 Å². The van der Waals surface area contributed by atoms with Crippen LogP contribution in [0.4, 0.5) is 0 Å². The van der Waals surface area contributed by atoms with E-state index in [1.807, 2.05) is 18.2 Å². The summed E-state index contributed by atoms with van der Waals surface area (Å²) in [5, 5.41) is 3.05. The van der Waals surface area contributed by atoms with Crippen molar-refractivity contribution in [3.8, 4) is 0 Å². The molecule has 0 atom stereocenters. The molecule has 1 aromatic rings. The number of carbonyl (C=O) groups excluding carboxylic acids is 1. The van der Waals surface area contributed by atoms with Crippen molar-refractivity contribution in [2.75, 3.05) is 13.1 Å². The lowest BCUT2D eigenvalue weighted by Gasteiger charge is -2.25. The van der Waals surface area contributed by atoms with E-state index in [1.54, 1.807) is 0 Å². The van der Waals surface area contributed by atoms with Gasteiger partial charge in [-0.15, -0.1) is 0 Å². The van der Waals surface area contributed by atoms with E-state index in [0.29, 0.717) is 0 Å². The van der Waals surface area contributed by atoms with Gasteiger partial charge in [-0.05, 0) is 5.56 Å². The molecule has 0 heterocycles. The van der Waals surface area contributed by atoms with Gasteiger partial charge >= 0.3 is 0 Å². The van der Waals surface area contributed by atoms with Gasteiger partial charge in [0.05, 0.1) is 6.54 Å². The Morgan fingerprint density at radius 2 is 1.93 bits per heavy atom. The van der Waals surface area contributed by atoms with Crippen LogP contribution in [0, 0.1) is 0 Å². The highest BCUT2D eigenvalue weighted by Crippen LogP contribution is 2.21. The zero-order valence-corrected chi connectivity index (χ0v) is 9.29. The van der Waals surface area contributed by atoms with Gasteiger partial charge in [-0.25, -0.2) is 0 Å². The molecule has 0 aliphatic carbocycles. The molecular formula is C12H18N2O. The van der Waals surface area contributed by atoms with Crippen molar-refractivity contribution in [1.82, 2.24) is 5.32 Å². The summed E-state index contributed by atoms with van der Waals surface area (Å²) in [6.45, 7) is 5.24. The van der Waals surface area contributed by atoms with Crippen LogP contribution in [0.5, 0.6) is 0 Å². The number of amides is 1. The summed E-state index contributed by atoms with van der Waals surface area (Å²) < 4.78 is 0. The normalized spacial score (nSPS) is 11.3. The first-order valence-electron chi connectivity index (χ1n) is 5.07. The molecule has 3 heteroatoms. The van der Waals surface area contributed by atoms with Gasteiger partial charge in [-0.2, -0.15) is 0 Å². The molecule has 15 heavy (non-hydrogen) atoms. The lowest BCUT2D eigenvalue weighted by atomic mass is 9.85. The average Bonchev–Trinajstić information content (AvgIpc) is 2.18. The van der Waals surface area contributed by atoms with Gasteiger partial charge in [0.2, 0.25) is 5.91 Å².